The average molecular weight is 884 g/mol. The predicted molar refractivity (Wildman–Crippen MR) is 209 cm³/mol. The molecule has 0 amide bonds. The summed E-state index contributed by atoms with van der Waals surface area (Å²) in [4.78, 5) is 4.49. The molecule has 0 atom stereocenters. The van der Waals surface area contributed by atoms with Crippen molar-refractivity contribution >= 4 is 21.8 Å². The molecule has 0 saturated carbocycles. The van der Waals surface area contributed by atoms with Crippen LogP contribution in [0.25, 0.3) is 44.4 Å². The van der Waals surface area contributed by atoms with E-state index in [0.29, 0.717) is 30.2 Å². The Bertz CT molecular complexity index is 2730. The Kier molecular flexibility index (Phi) is 9.77. The molecule has 0 N–H and O–H groups in total. The monoisotopic (exact) mass is 883 g/mol. The summed E-state index contributed by atoms with van der Waals surface area (Å²) in [6, 6.07) is 57.3. The second-order valence-electron chi connectivity index (χ2n) is 13.1. The van der Waals surface area contributed by atoms with Crippen molar-refractivity contribution in [1.29, 1.82) is 0 Å². The van der Waals surface area contributed by atoms with Gasteiger partial charge in [-0.05, 0) is 39.9 Å². The van der Waals surface area contributed by atoms with Gasteiger partial charge >= 0.3 is 21.1 Å². The maximum absolute atomic E-state index is 14.4. The largest absolute Gasteiger partial charge is 2.00 e. The van der Waals surface area contributed by atoms with Gasteiger partial charge in [-0.2, -0.15) is 16.7 Å². The molecule has 0 fully saturated rings. The quantitative estimate of drug-likeness (QED) is 0.136. The smallest absolute Gasteiger partial charge is 0.509 e. The van der Waals surface area contributed by atoms with E-state index in [0.717, 1.165) is 55.6 Å². The molecule has 0 aliphatic heterocycles. The van der Waals surface area contributed by atoms with E-state index in [1.54, 1.807) is 0 Å². The molecule has 5 nitrogen and oxygen atoms in total. The van der Waals surface area contributed by atoms with E-state index in [-0.39, 0.29) is 26.9 Å². The van der Waals surface area contributed by atoms with Crippen LogP contribution in [0.5, 0.6) is 11.5 Å². The molecule has 9 aromatic rings. The second kappa shape index (κ2) is 15.1. The number of aryl methyl sites for hydroxylation is 1. The van der Waals surface area contributed by atoms with E-state index in [1.807, 2.05) is 70.8 Å². The Morgan fingerprint density at radius 2 is 1.35 bits per heavy atom. The van der Waals surface area contributed by atoms with Crippen LogP contribution in [0.2, 0.25) is 0 Å². The number of para-hydroxylation sites is 1. The van der Waals surface area contributed by atoms with E-state index < -0.39 is 0 Å². The third-order valence-corrected chi connectivity index (χ3v) is 9.46. The molecule has 0 unspecified atom stereocenters. The molecule has 54 heavy (non-hydrogen) atoms. The Morgan fingerprint density at radius 1 is 0.667 bits per heavy atom. The van der Waals surface area contributed by atoms with E-state index >= 15 is 0 Å². The van der Waals surface area contributed by atoms with Gasteiger partial charge in [0.25, 0.3) is 0 Å². The summed E-state index contributed by atoms with van der Waals surface area (Å²) in [7, 11) is 0. The number of hydrogen-bond donors (Lipinski definition) is 0. The minimum Gasteiger partial charge on any atom is -0.509 e. The molecule has 3 aromatic heterocycles. The average Bonchev–Trinajstić information content (AvgIpc) is 3.70. The molecule has 0 bridgehead atoms. The summed E-state index contributed by atoms with van der Waals surface area (Å²) in [5.74, 6) is 1.15. The van der Waals surface area contributed by atoms with Gasteiger partial charge in [-0.25, -0.2) is 9.37 Å². The molecular formula is C47H33FN4OPt. The van der Waals surface area contributed by atoms with Crippen molar-refractivity contribution in [2.24, 2.45) is 0 Å². The molecule has 9 rings (SSSR count). The molecule has 0 saturated heterocycles. The number of halogens is 1. The van der Waals surface area contributed by atoms with Gasteiger partial charge in [0.15, 0.2) is 0 Å². The third-order valence-electron chi connectivity index (χ3n) is 9.46. The maximum atomic E-state index is 14.4. The minimum atomic E-state index is -0.358. The van der Waals surface area contributed by atoms with Crippen molar-refractivity contribution in [2.75, 3.05) is 0 Å². The topological polar surface area (TPSA) is 44.9 Å². The van der Waals surface area contributed by atoms with E-state index in [4.69, 9.17) is 9.84 Å². The van der Waals surface area contributed by atoms with Crippen molar-refractivity contribution in [3.63, 3.8) is 0 Å². The first-order valence-corrected chi connectivity index (χ1v) is 17.6. The Balaban J connectivity index is 0.00000413. The molecule has 0 spiro atoms. The number of pyridine rings is 1. The Hall–Kier alpha value is -6.10. The fourth-order valence-corrected chi connectivity index (χ4v) is 7.14. The summed E-state index contributed by atoms with van der Waals surface area (Å²) >= 11 is 0. The molecule has 0 aliphatic rings. The second-order valence-corrected chi connectivity index (χ2v) is 13.1. The van der Waals surface area contributed by atoms with Crippen LogP contribution in [0, 0.1) is 24.9 Å². The van der Waals surface area contributed by atoms with Gasteiger partial charge in [0.05, 0.1) is 11.4 Å². The number of ether oxygens (including phenoxy) is 1. The number of aromatic nitrogens is 4. The SMILES string of the molecule is Cc1cc(Oc2[c-]c3c(cc2)c2ccccc2n3-c2cc(F)ccn2)[c-]c(-n2nc(Cc3ccccc3)c(-c3ccccc3)c2Cc2ccccc2)c1.[Pt+2]. The summed E-state index contributed by atoms with van der Waals surface area (Å²) in [6.45, 7) is 2.05. The van der Waals surface area contributed by atoms with Crippen LogP contribution in [-0.4, -0.2) is 19.3 Å². The van der Waals surface area contributed by atoms with Gasteiger partial charge in [0, 0.05) is 47.7 Å². The minimum absolute atomic E-state index is 0. The molecule has 0 aliphatic carbocycles. The molecule has 264 valence electrons. The number of nitrogens with zero attached hydrogens (tertiary/aromatic N) is 4. The zero-order chi connectivity index (χ0) is 35.7. The first-order valence-electron chi connectivity index (χ1n) is 17.6. The third kappa shape index (κ3) is 6.89. The van der Waals surface area contributed by atoms with Crippen molar-refractivity contribution in [3.8, 4) is 34.1 Å². The first kappa shape index (κ1) is 35.0. The number of fused-ring (bicyclic) bond motifs is 3. The Morgan fingerprint density at radius 3 is 2.09 bits per heavy atom. The van der Waals surface area contributed by atoms with Gasteiger partial charge in [-0.3, -0.25) is 4.68 Å². The van der Waals surface area contributed by atoms with Crippen LogP contribution in [0.4, 0.5) is 4.39 Å². The van der Waals surface area contributed by atoms with Crippen molar-refractivity contribution < 1.29 is 30.2 Å². The van der Waals surface area contributed by atoms with Crippen LogP contribution in [0.3, 0.4) is 0 Å². The van der Waals surface area contributed by atoms with Crippen LogP contribution in [0.1, 0.15) is 28.1 Å². The maximum Gasteiger partial charge on any atom is 2.00 e. The standard InChI is InChI=1S/C47H33FN4O.Pt/c1-32-25-37(30-39(26-32)53-38-21-22-41-40-19-11-12-20-43(40)51(44(41)31-38)46-29-36(48)23-24-49-46)52-45(28-34-15-7-3-8-16-34)47(35-17-9-4-10-18-35)42(50-52)27-33-13-5-2-6-14-33;/h2-26,29H,27-28H2,1H3;/q-2;+2. The van der Waals surface area contributed by atoms with Crippen LogP contribution >= 0.6 is 0 Å². The van der Waals surface area contributed by atoms with Crippen molar-refractivity contribution in [1.82, 2.24) is 19.3 Å². The number of hydrogen-bond acceptors (Lipinski definition) is 3. The van der Waals surface area contributed by atoms with Gasteiger partial charge in [0.2, 0.25) is 0 Å². The van der Waals surface area contributed by atoms with Crippen LogP contribution in [0.15, 0.2) is 158 Å². The number of rotatable bonds is 9. The summed E-state index contributed by atoms with van der Waals surface area (Å²) in [5.41, 5.74) is 10.1. The van der Waals surface area contributed by atoms with Crippen LogP contribution < -0.4 is 4.74 Å². The molecule has 6 aromatic carbocycles. The fourth-order valence-electron chi connectivity index (χ4n) is 7.14. The van der Waals surface area contributed by atoms with Gasteiger partial charge in [0.1, 0.15) is 11.6 Å². The van der Waals surface area contributed by atoms with Crippen molar-refractivity contribution in [2.45, 2.75) is 19.8 Å². The van der Waals surface area contributed by atoms with E-state index in [2.05, 4.69) is 102 Å². The fraction of sp³-hybridized carbons (Fsp3) is 0.0638. The number of benzene rings is 6. The zero-order valence-corrected chi connectivity index (χ0v) is 31.6. The van der Waals surface area contributed by atoms with Gasteiger partial charge < -0.3 is 9.30 Å². The summed E-state index contributed by atoms with van der Waals surface area (Å²) < 4.78 is 24.9. The molecule has 3 heterocycles. The summed E-state index contributed by atoms with van der Waals surface area (Å²) in [6.07, 6.45) is 2.83. The zero-order valence-electron chi connectivity index (χ0n) is 29.3. The normalized spacial score (nSPS) is 11.1. The van der Waals surface area contributed by atoms with E-state index in [1.165, 1.54) is 29.5 Å². The van der Waals surface area contributed by atoms with Crippen LogP contribution in [-0.2, 0) is 33.9 Å². The first-order chi connectivity index (χ1) is 26.1. The molecule has 0 radical (unpaired) electrons. The van der Waals surface area contributed by atoms with E-state index in [9.17, 15) is 4.39 Å². The predicted octanol–water partition coefficient (Wildman–Crippen LogP) is 11.1. The molecular weight excluding hydrogens is 851 g/mol. The van der Waals surface area contributed by atoms with Gasteiger partial charge in [-0.1, -0.05) is 122 Å². The van der Waals surface area contributed by atoms with Gasteiger partial charge in [-0.15, -0.1) is 35.7 Å². The summed E-state index contributed by atoms with van der Waals surface area (Å²) in [5, 5.41) is 7.32. The molecule has 7 heteroatoms. The van der Waals surface area contributed by atoms with Crippen molar-refractivity contribution in [3.05, 3.63) is 204 Å². The Labute approximate surface area is 327 Å².